The summed E-state index contributed by atoms with van der Waals surface area (Å²) in [5.41, 5.74) is 0. The average Bonchev–Trinajstić information content (AvgIpc) is 3.23. The van der Waals surface area contributed by atoms with Crippen LogP contribution in [0.1, 0.15) is 290 Å². The van der Waals surface area contributed by atoms with Crippen molar-refractivity contribution in [3.8, 4) is 0 Å². The Balaban J connectivity index is 4.61. The van der Waals surface area contributed by atoms with Crippen LogP contribution in [-0.4, -0.2) is 47.1 Å². The molecule has 0 spiro atoms. The predicted molar refractivity (Wildman–Crippen MR) is 253 cm³/mol. The maximum atomic E-state index is 13.0. The topological polar surface area (TPSA) is 93.1 Å². The first kappa shape index (κ1) is 57.6. The zero-order valence-electron chi connectivity index (χ0n) is 39.8. The van der Waals surface area contributed by atoms with Crippen molar-refractivity contribution in [3.05, 3.63) is 12.2 Å². The highest BCUT2D eigenvalue weighted by molar-refractivity contribution is 5.70. The highest BCUT2D eigenvalue weighted by atomic mass is 16.6. The molecule has 0 heterocycles. The maximum Gasteiger partial charge on any atom is 0.306 e. The van der Waals surface area contributed by atoms with E-state index in [0.29, 0.717) is 19.3 Å². The summed E-state index contributed by atoms with van der Waals surface area (Å²) in [6, 6.07) is 0. The molecule has 59 heavy (non-hydrogen) atoms. The molecule has 0 bridgehead atoms. The van der Waals surface area contributed by atoms with Gasteiger partial charge in [-0.2, -0.15) is 0 Å². The molecule has 0 saturated carbocycles. The minimum absolute atomic E-state index is 0.169. The molecule has 2 N–H and O–H groups in total. The highest BCUT2D eigenvalue weighted by Crippen LogP contribution is 2.20. The van der Waals surface area contributed by atoms with Gasteiger partial charge in [0.1, 0.15) is 6.10 Å². The normalized spacial score (nSPS) is 13.2. The molecule has 0 aliphatic carbocycles. The fourth-order valence-corrected chi connectivity index (χ4v) is 8.20. The Morgan fingerprint density at radius 2 is 0.695 bits per heavy atom. The van der Waals surface area contributed by atoms with Gasteiger partial charge in [0.2, 0.25) is 0 Å². The van der Waals surface area contributed by atoms with Crippen LogP contribution in [-0.2, 0) is 19.1 Å². The quantitative estimate of drug-likeness (QED) is 0.0360. The molecule has 0 rings (SSSR count). The summed E-state index contributed by atoms with van der Waals surface area (Å²) < 4.78 is 11.6. The number of hydrogen-bond acceptors (Lipinski definition) is 6. The fraction of sp³-hybridized carbons (Fsp3) is 0.925. The summed E-state index contributed by atoms with van der Waals surface area (Å²) in [5, 5.41) is 21.3. The fourth-order valence-electron chi connectivity index (χ4n) is 8.20. The first-order valence-corrected chi connectivity index (χ1v) is 26.3. The van der Waals surface area contributed by atoms with Gasteiger partial charge in [-0.3, -0.25) is 9.59 Å². The van der Waals surface area contributed by atoms with Gasteiger partial charge in [-0.05, 0) is 44.9 Å². The minimum atomic E-state index is -0.960. The van der Waals surface area contributed by atoms with Gasteiger partial charge < -0.3 is 19.7 Å². The summed E-state index contributed by atoms with van der Waals surface area (Å²) in [6.45, 7) is 6.36. The molecule has 0 saturated heterocycles. The van der Waals surface area contributed by atoms with Gasteiger partial charge in [0.05, 0.1) is 12.7 Å². The molecule has 0 aromatic carbocycles. The van der Waals surface area contributed by atoms with E-state index in [1.54, 1.807) is 0 Å². The van der Waals surface area contributed by atoms with E-state index in [1.165, 1.54) is 173 Å². The van der Waals surface area contributed by atoms with Crippen LogP contribution in [0.3, 0.4) is 0 Å². The number of rotatable bonds is 48. The molecule has 6 heteroatoms. The first-order valence-electron chi connectivity index (χ1n) is 26.3. The Morgan fingerprint density at radius 3 is 1.03 bits per heavy atom. The standard InChI is InChI=1S/C53H102O6/c1-4-7-10-13-16-19-22-25-28-29-32-35-38-41-44-49(55)47-50(58-52(56)45-42-39-36-33-30-26-23-20-17-14-11-8-5-2)51(48-54)59-53(57)46-43-40-37-34-31-27-24-21-18-15-12-9-6-3/h25,28,49-51,54-55H,4-24,26-27,29-48H2,1-3H3/b28-25-. The molecule has 0 aromatic heterocycles. The van der Waals surface area contributed by atoms with E-state index < -0.39 is 24.9 Å². The summed E-state index contributed by atoms with van der Waals surface area (Å²) in [4.78, 5) is 25.9. The monoisotopic (exact) mass is 835 g/mol. The number of aliphatic hydroxyl groups excluding tert-OH is 2. The number of carbonyl (C=O) groups excluding carboxylic acids is 2. The summed E-state index contributed by atoms with van der Waals surface area (Å²) in [6.07, 6.45) is 50.3. The number of unbranched alkanes of at least 4 members (excludes halogenated alkanes) is 34. The zero-order chi connectivity index (χ0) is 43.1. The van der Waals surface area contributed by atoms with Gasteiger partial charge in [0.15, 0.2) is 6.10 Å². The van der Waals surface area contributed by atoms with Gasteiger partial charge in [-0.1, -0.05) is 238 Å². The number of ether oxygens (including phenoxy) is 2. The predicted octanol–water partition coefficient (Wildman–Crippen LogP) is 16.2. The second kappa shape index (κ2) is 47.6. The summed E-state index contributed by atoms with van der Waals surface area (Å²) in [7, 11) is 0. The Bertz CT molecular complexity index is 889. The van der Waals surface area contributed by atoms with Gasteiger partial charge in [-0.25, -0.2) is 0 Å². The van der Waals surface area contributed by atoms with E-state index in [9.17, 15) is 19.8 Å². The molecule has 0 amide bonds. The van der Waals surface area contributed by atoms with Crippen molar-refractivity contribution in [2.45, 2.75) is 309 Å². The van der Waals surface area contributed by atoms with Crippen LogP contribution in [0, 0.1) is 0 Å². The zero-order valence-corrected chi connectivity index (χ0v) is 39.8. The molecule has 0 aliphatic heterocycles. The smallest absolute Gasteiger partial charge is 0.306 e. The van der Waals surface area contributed by atoms with Gasteiger partial charge in [0, 0.05) is 19.3 Å². The van der Waals surface area contributed by atoms with Crippen molar-refractivity contribution in [2.24, 2.45) is 0 Å². The third-order valence-electron chi connectivity index (χ3n) is 12.2. The van der Waals surface area contributed by atoms with Crippen molar-refractivity contribution in [1.82, 2.24) is 0 Å². The lowest BCUT2D eigenvalue weighted by atomic mass is 10.0. The van der Waals surface area contributed by atoms with E-state index in [0.717, 1.165) is 70.6 Å². The van der Waals surface area contributed by atoms with Crippen molar-refractivity contribution in [1.29, 1.82) is 0 Å². The van der Waals surface area contributed by atoms with Crippen LogP contribution in [0.15, 0.2) is 12.2 Å². The third-order valence-corrected chi connectivity index (χ3v) is 12.2. The largest absolute Gasteiger partial charge is 0.458 e. The van der Waals surface area contributed by atoms with E-state index in [1.807, 2.05) is 0 Å². The number of esters is 2. The third kappa shape index (κ3) is 43.1. The second-order valence-corrected chi connectivity index (χ2v) is 18.1. The molecule has 3 unspecified atom stereocenters. The molecule has 0 aliphatic rings. The van der Waals surface area contributed by atoms with Gasteiger partial charge in [-0.15, -0.1) is 0 Å². The van der Waals surface area contributed by atoms with Crippen LogP contribution >= 0.6 is 0 Å². The summed E-state index contributed by atoms with van der Waals surface area (Å²) in [5.74, 6) is -0.694. The van der Waals surface area contributed by atoms with Crippen LogP contribution in [0.5, 0.6) is 0 Å². The molecule has 3 atom stereocenters. The van der Waals surface area contributed by atoms with E-state index in [2.05, 4.69) is 32.9 Å². The number of allylic oxidation sites excluding steroid dienone is 2. The Hall–Kier alpha value is -1.40. The molecule has 350 valence electrons. The molecule has 0 radical (unpaired) electrons. The molecule has 6 nitrogen and oxygen atoms in total. The van der Waals surface area contributed by atoms with Crippen LogP contribution in [0.25, 0.3) is 0 Å². The SMILES string of the molecule is CCCCCCCC/C=C\CCCCCCC(O)CC(OC(=O)CCCCCCCCCCCCCCC)C(CO)OC(=O)CCCCCCCCCCCCCCC. The number of hydrogen-bond donors (Lipinski definition) is 2. The average molecular weight is 835 g/mol. The highest BCUT2D eigenvalue weighted by Gasteiger charge is 2.30. The minimum Gasteiger partial charge on any atom is -0.458 e. The van der Waals surface area contributed by atoms with Crippen LogP contribution < -0.4 is 0 Å². The van der Waals surface area contributed by atoms with E-state index >= 15 is 0 Å². The van der Waals surface area contributed by atoms with Crippen LogP contribution in [0.2, 0.25) is 0 Å². The lowest BCUT2D eigenvalue weighted by Crippen LogP contribution is -2.40. The Labute approximate surface area is 367 Å². The maximum absolute atomic E-state index is 13.0. The number of carbonyl (C=O) groups is 2. The lowest BCUT2D eigenvalue weighted by Gasteiger charge is -2.27. The second-order valence-electron chi connectivity index (χ2n) is 18.1. The molecule has 0 fully saturated rings. The van der Waals surface area contributed by atoms with Crippen LogP contribution in [0.4, 0.5) is 0 Å². The van der Waals surface area contributed by atoms with E-state index in [-0.39, 0.29) is 18.4 Å². The number of aliphatic hydroxyl groups is 2. The van der Waals surface area contributed by atoms with E-state index in [4.69, 9.17) is 9.47 Å². The Morgan fingerprint density at radius 1 is 0.407 bits per heavy atom. The first-order chi connectivity index (χ1) is 29.0. The molecular formula is C53H102O6. The lowest BCUT2D eigenvalue weighted by molar-refractivity contribution is -0.174. The van der Waals surface area contributed by atoms with Gasteiger partial charge >= 0.3 is 11.9 Å². The van der Waals surface area contributed by atoms with Crippen molar-refractivity contribution >= 4 is 11.9 Å². The van der Waals surface area contributed by atoms with Crippen molar-refractivity contribution < 1.29 is 29.3 Å². The molecular weight excluding hydrogens is 733 g/mol. The summed E-state index contributed by atoms with van der Waals surface area (Å²) >= 11 is 0. The van der Waals surface area contributed by atoms with Crippen molar-refractivity contribution in [2.75, 3.05) is 6.61 Å². The van der Waals surface area contributed by atoms with Crippen molar-refractivity contribution in [3.63, 3.8) is 0 Å². The Kier molecular flexibility index (Phi) is 46.5. The van der Waals surface area contributed by atoms with Gasteiger partial charge in [0.25, 0.3) is 0 Å². The molecule has 0 aromatic rings.